The van der Waals surface area contributed by atoms with Crippen molar-refractivity contribution in [2.45, 2.75) is 38.8 Å². The van der Waals surface area contributed by atoms with Crippen molar-refractivity contribution in [2.24, 2.45) is 0 Å². The van der Waals surface area contributed by atoms with Crippen LogP contribution < -0.4 is 14.2 Å². The highest BCUT2D eigenvalue weighted by Gasteiger charge is 2.30. The van der Waals surface area contributed by atoms with E-state index in [1.54, 1.807) is 21.3 Å². The van der Waals surface area contributed by atoms with E-state index < -0.39 is 0 Å². The van der Waals surface area contributed by atoms with Gasteiger partial charge >= 0.3 is 0 Å². The summed E-state index contributed by atoms with van der Waals surface area (Å²) in [4.78, 5) is 2.41. The minimum atomic E-state index is 0.255. The second kappa shape index (κ2) is 7.78. The van der Waals surface area contributed by atoms with Crippen LogP contribution in [0, 0.1) is 0 Å². The van der Waals surface area contributed by atoms with Crippen LogP contribution in [-0.2, 0) is 13.0 Å². The molecule has 0 aliphatic carbocycles. The van der Waals surface area contributed by atoms with Crippen LogP contribution in [0.1, 0.15) is 42.8 Å². The van der Waals surface area contributed by atoms with Crippen LogP contribution in [0.15, 0.2) is 22.7 Å². The third kappa shape index (κ3) is 3.58. The molecule has 1 aromatic carbocycles. The highest BCUT2D eigenvalue weighted by Crippen LogP contribution is 2.38. The number of likely N-dealkylation sites (tertiary alicyclic amines) is 1. The summed E-state index contributed by atoms with van der Waals surface area (Å²) >= 11 is 0. The van der Waals surface area contributed by atoms with Gasteiger partial charge in [-0.15, -0.1) is 0 Å². The van der Waals surface area contributed by atoms with E-state index >= 15 is 0 Å². The van der Waals surface area contributed by atoms with E-state index in [4.69, 9.17) is 18.7 Å². The first kappa shape index (κ1) is 17.6. The molecular weight excluding hydrogens is 320 g/mol. The molecular formula is C19H26N2O4. The largest absolute Gasteiger partial charge is 0.496 e. The Morgan fingerprint density at radius 3 is 2.44 bits per heavy atom. The van der Waals surface area contributed by atoms with Crippen molar-refractivity contribution in [3.05, 3.63) is 35.2 Å². The van der Waals surface area contributed by atoms with Crippen LogP contribution in [0.3, 0.4) is 0 Å². The Labute approximate surface area is 148 Å². The Morgan fingerprint density at radius 1 is 1.08 bits per heavy atom. The average molecular weight is 346 g/mol. The lowest BCUT2D eigenvalue weighted by Crippen LogP contribution is -2.22. The SMILES string of the molecule is CCc1cc([C@H]2CCCN2Cc2cc(OC)c(OC)cc2OC)on1. The van der Waals surface area contributed by atoms with Crippen LogP contribution in [0.5, 0.6) is 17.2 Å². The normalized spacial score (nSPS) is 17.7. The lowest BCUT2D eigenvalue weighted by Gasteiger charge is -2.24. The van der Waals surface area contributed by atoms with Crippen molar-refractivity contribution in [3.63, 3.8) is 0 Å². The van der Waals surface area contributed by atoms with Gasteiger partial charge in [-0.2, -0.15) is 0 Å². The van der Waals surface area contributed by atoms with Crippen molar-refractivity contribution < 1.29 is 18.7 Å². The van der Waals surface area contributed by atoms with Crippen molar-refractivity contribution in [3.8, 4) is 17.2 Å². The van der Waals surface area contributed by atoms with Gasteiger partial charge in [0, 0.05) is 24.2 Å². The zero-order valence-electron chi connectivity index (χ0n) is 15.4. The van der Waals surface area contributed by atoms with Gasteiger partial charge in [0.15, 0.2) is 17.3 Å². The van der Waals surface area contributed by atoms with Gasteiger partial charge in [-0.3, -0.25) is 4.90 Å². The van der Waals surface area contributed by atoms with Crippen LogP contribution >= 0.6 is 0 Å². The van der Waals surface area contributed by atoms with Gasteiger partial charge in [0.05, 0.1) is 33.1 Å². The molecule has 0 radical (unpaired) electrons. The van der Waals surface area contributed by atoms with Gasteiger partial charge in [-0.1, -0.05) is 12.1 Å². The molecule has 0 saturated carbocycles. The molecule has 0 bridgehead atoms. The first-order chi connectivity index (χ1) is 12.2. The first-order valence-corrected chi connectivity index (χ1v) is 8.68. The molecule has 0 unspecified atom stereocenters. The molecule has 1 saturated heterocycles. The lowest BCUT2D eigenvalue weighted by molar-refractivity contribution is 0.204. The van der Waals surface area contributed by atoms with Crippen LogP contribution in [0.25, 0.3) is 0 Å². The van der Waals surface area contributed by atoms with Gasteiger partial charge in [0.2, 0.25) is 0 Å². The summed E-state index contributed by atoms with van der Waals surface area (Å²) < 4.78 is 21.9. The van der Waals surface area contributed by atoms with Crippen molar-refractivity contribution >= 4 is 0 Å². The number of hydrogen-bond donors (Lipinski definition) is 0. The zero-order valence-corrected chi connectivity index (χ0v) is 15.4. The van der Waals surface area contributed by atoms with E-state index in [1.165, 1.54) is 0 Å². The Bertz CT molecular complexity index is 713. The summed E-state index contributed by atoms with van der Waals surface area (Å²) in [6, 6.07) is 6.20. The number of hydrogen-bond acceptors (Lipinski definition) is 6. The van der Waals surface area contributed by atoms with Gasteiger partial charge < -0.3 is 18.7 Å². The summed E-state index contributed by atoms with van der Waals surface area (Å²) in [5, 5.41) is 4.14. The Kier molecular flexibility index (Phi) is 5.48. The van der Waals surface area contributed by atoms with E-state index in [-0.39, 0.29) is 6.04 Å². The smallest absolute Gasteiger partial charge is 0.164 e. The molecule has 1 atom stereocenters. The fourth-order valence-electron chi connectivity index (χ4n) is 3.42. The quantitative estimate of drug-likeness (QED) is 0.763. The molecule has 1 aromatic heterocycles. The minimum absolute atomic E-state index is 0.255. The molecule has 0 N–H and O–H groups in total. The van der Waals surface area contributed by atoms with E-state index in [0.29, 0.717) is 11.5 Å². The highest BCUT2D eigenvalue weighted by atomic mass is 16.5. The number of benzene rings is 1. The van der Waals surface area contributed by atoms with Gasteiger partial charge in [0.1, 0.15) is 5.75 Å². The van der Waals surface area contributed by atoms with Gasteiger partial charge in [-0.05, 0) is 31.9 Å². The first-order valence-electron chi connectivity index (χ1n) is 8.68. The molecule has 25 heavy (non-hydrogen) atoms. The van der Waals surface area contributed by atoms with Crippen molar-refractivity contribution in [1.29, 1.82) is 0 Å². The fourth-order valence-corrected chi connectivity index (χ4v) is 3.42. The molecule has 136 valence electrons. The fraction of sp³-hybridized carbons (Fsp3) is 0.526. The molecule has 2 aromatic rings. The monoisotopic (exact) mass is 346 g/mol. The molecule has 1 fully saturated rings. The predicted octanol–water partition coefficient (Wildman–Crippen LogP) is 3.60. The number of ether oxygens (including phenoxy) is 3. The molecule has 2 heterocycles. The second-order valence-electron chi connectivity index (χ2n) is 6.22. The number of nitrogens with zero attached hydrogens (tertiary/aromatic N) is 2. The standard InChI is InChI=1S/C19H26N2O4/c1-5-14-10-17(25-20-14)15-7-6-8-21(15)12-13-9-18(23-3)19(24-4)11-16(13)22-2/h9-11,15H,5-8,12H2,1-4H3/t15-/m1/s1. The minimum Gasteiger partial charge on any atom is -0.496 e. The van der Waals surface area contributed by atoms with Crippen LogP contribution in [-0.4, -0.2) is 37.9 Å². The van der Waals surface area contributed by atoms with Crippen LogP contribution in [0.4, 0.5) is 0 Å². The maximum absolute atomic E-state index is 5.58. The Hall–Kier alpha value is -2.21. The summed E-state index contributed by atoms with van der Waals surface area (Å²) in [5.74, 6) is 3.13. The number of aryl methyl sites for hydroxylation is 1. The number of aromatic nitrogens is 1. The molecule has 0 amide bonds. The van der Waals surface area contributed by atoms with E-state index in [9.17, 15) is 0 Å². The van der Waals surface area contributed by atoms with Crippen molar-refractivity contribution in [1.82, 2.24) is 10.1 Å². The molecule has 6 heteroatoms. The number of rotatable bonds is 7. The third-order valence-corrected chi connectivity index (χ3v) is 4.79. The van der Waals surface area contributed by atoms with E-state index in [1.807, 2.05) is 12.1 Å². The maximum Gasteiger partial charge on any atom is 0.164 e. The third-order valence-electron chi connectivity index (χ3n) is 4.79. The van der Waals surface area contributed by atoms with E-state index in [2.05, 4.69) is 23.0 Å². The Balaban J connectivity index is 1.85. The van der Waals surface area contributed by atoms with Crippen molar-refractivity contribution in [2.75, 3.05) is 27.9 Å². The van der Waals surface area contributed by atoms with Crippen LogP contribution in [0.2, 0.25) is 0 Å². The number of methoxy groups -OCH3 is 3. The molecule has 3 rings (SSSR count). The van der Waals surface area contributed by atoms with Gasteiger partial charge in [0.25, 0.3) is 0 Å². The second-order valence-corrected chi connectivity index (χ2v) is 6.22. The average Bonchev–Trinajstić information content (AvgIpc) is 3.29. The Morgan fingerprint density at radius 2 is 1.80 bits per heavy atom. The summed E-state index contributed by atoms with van der Waals surface area (Å²) in [6.07, 6.45) is 3.11. The summed E-state index contributed by atoms with van der Waals surface area (Å²) in [5.41, 5.74) is 2.08. The summed E-state index contributed by atoms with van der Waals surface area (Å²) in [6.45, 7) is 3.86. The predicted molar refractivity (Wildman–Crippen MR) is 94.4 cm³/mol. The van der Waals surface area contributed by atoms with Gasteiger partial charge in [-0.25, -0.2) is 0 Å². The summed E-state index contributed by atoms with van der Waals surface area (Å²) in [7, 11) is 4.95. The molecule has 6 nitrogen and oxygen atoms in total. The molecule has 1 aliphatic rings. The molecule has 1 aliphatic heterocycles. The zero-order chi connectivity index (χ0) is 17.8. The topological polar surface area (TPSA) is 57.0 Å². The van der Waals surface area contributed by atoms with E-state index in [0.717, 1.165) is 55.1 Å². The highest BCUT2D eigenvalue weighted by molar-refractivity contribution is 5.50. The lowest BCUT2D eigenvalue weighted by atomic mass is 10.1. The molecule has 0 spiro atoms. The maximum atomic E-state index is 5.58.